The summed E-state index contributed by atoms with van der Waals surface area (Å²) in [5.41, 5.74) is 0. The van der Waals surface area contributed by atoms with Crippen LogP contribution < -0.4 is 0 Å². The van der Waals surface area contributed by atoms with Gasteiger partial charge >= 0.3 is 20.4 Å². The Morgan fingerprint density at radius 3 is 1.27 bits per heavy atom. The van der Waals surface area contributed by atoms with Crippen LogP contribution in [-0.4, -0.2) is 49.0 Å². The van der Waals surface area contributed by atoms with Crippen molar-refractivity contribution in [3.05, 3.63) is 12.8 Å². The van der Waals surface area contributed by atoms with E-state index in [1.165, 1.54) is 0 Å². The van der Waals surface area contributed by atoms with Gasteiger partial charge in [0.15, 0.2) is 0 Å². The first-order valence-corrected chi connectivity index (χ1v) is 7.60. The van der Waals surface area contributed by atoms with E-state index in [0.29, 0.717) is 0 Å². The molecule has 0 aromatic rings. The fraction of sp³-hybridized carbons (Fsp3) is 0.714. The van der Waals surface area contributed by atoms with Crippen LogP contribution in [0.3, 0.4) is 0 Å². The zero-order valence-electron chi connectivity index (χ0n) is 10.7. The van der Waals surface area contributed by atoms with E-state index >= 15 is 0 Å². The number of halogens is 7. The van der Waals surface area contributed by atoms with Gasteiger partial charge < -0.3 is 4.74 Å². The lowest BCUT2D eigenvalue weighted by Gasteiger charge is -1.81. The van der Waals surface area contributed by atoms with Crippen molar-refractivity contribution in [2.75, 3.05) is 32.2 Å². The van der Waals surface area contributed by atoms with Crippen molar-refractivity contribution < 1.29 is 56.4 Å². The maximum atomic E-state index is 11.1. The molecule has 0 heterocycles. The van der Waals surface area contributed by atoms with Crippen LogP contribution in [0.4, 0.5) is 29.9 Å². The predicted octanol–water partition coefficient (Wildman–Crippen LogP) is 2.36. The molecule has 22 heavy (non-hydrogen) atoms. The van der Waals surface area contributed by atoms with E-state index < -0.39 is 52.6 Å². The molecule has 0 radical (unpaired) electrons. The number of hydrogen-bond donors (Lipinski definition) is 0. The lowest BCUT2D eigenvalue weighted by atomic mass is 10.9. The highest BCUT2D eigenvalue weighted by Gasteiger charge is 2.03. The second kappa shape index (κ2) is 19.9. The Morgan fingerprint density at radius 2 is 1.27 bits per heavy atom. The average molecular weight is 390 g/mol. The van der Waals surface area contributed by atoms with E-state index in [9.17, 15) is 38.3 Å². The Bertz CT molecular complexity index is 411. The summed E-state index contributed by atoms with van der Waals surface area (Å²) in [6, 6.07) is -1.92. The molecule has 15 heteroatoms. The predicted molar refractivity (Wildman–Crippen MR) is 62.3 cm³/mol. The van der Waals surface area contributed by atoms with Crippen LogP contribution in [0.5, 0.6) is 0 Å². The van der Waals surface area contributed by atoms with Gasteiger partial charge in [0.05, 0.1) is 6.26 Å². The molecule has 138 valence electrons. The van der Waals surface area contributed by atoms with Gasteiger partial charge in [0.2, 0.25) is 19.7 Å². The molecule has 0 unspecified atom stereocenters. The van der Waals surface area contributed by atoms with E-state index in [2.05, 4.69) is 16.3 Å². The van der Waals surface area contributed by atoms with Crippen LogP contribution in [0.2, 0.25) is 0 Å². The first-order valence-electron chi connectivity index (χ1n) is 4.50. The number of rotatable bonds is 6. The largest absolute Gasteiger partial charge is 0.471 e. The van der Waals surface area contributed by atoms with Crippen molar-refractivity contribution >= 4 is 20.4 Å². The van der Waals surface area contributed by atoms with Crippen LogP contribution in [0, 0.1) is 0 Å². The van der Waals surface area contributed by atoms with Crippen LogP contribution >= 0.6 is 0 Å². The lowest BCUT2D eigenvalue weighted by Crippen LogP contribution is -1.98. The van der Waals surface area contributed by atoms with E-state index in [0.717, 1.165) is 6.26 Å². The molecule has 0 saturated carbocycles. The minimum Gasteiger partial charge on any atom is -0.471 e. The summed E-state index contributed by atoms with van der Waals surface area (Å²) in [5, 5.41) is 0. The van der Waals surface area contributed by atoms with Crippen LogP contribution in [0.1, 0.15) is 0 Å². The summed E-state index contributed by atoms with van der Waals surface area (Å²) in [6.45, 7) is -0.187. The molecule has 0 bridgehead atoms. The SMILES string of the molecule is C=COCF.FCOF.O=S(=O)(F)CCF.O=S(=O)(F)CF. The second-order valence-electron chi connectivity index (χ2n) is 2.24. The van der Waals surface area contributed by atoms with Gasteiger partial charge in [-0.15, -0.1) is 7.77 Å². The van der Waals surface area contributed by atoms with Gasteiger partial charge in [0, 0.05) is 0 Å². The summed E-state index contributed by atoms with van der Waals surface area (Å²) in [5.74, 6) is -1.02. The Balaban J connectivity index is -0.000000100. The second-order valence-corrected chi connectivity index (χ2v) is 5.02. The van der Waals surface area contributed by atoms with Crippen molar-refractivity contribution in [1.29, 1.82) is 0 Å². The zero-order valence-corrected chi connectivity index (χ0v) is 12.4. The molecule has 0 aromatic heterocycles. The standard InChI is InChI=1S/C3H5FO.C2H4F2O2S.CH2F2O2S.CH2F2O/c1-2-5-3-4;3-1-2-7(4,5)6;2-1-6(3,4)5;2-1-4-3/h2H,1,3H2;1-2H2;1H2;1H2. The van der Waals surface area contributed by atoms with Gasteiger partial charge in [-0.25, -0.2) is 17.6 Å². The average Bonchev–Trinajstić information content (AvgIpc) is 2.39. The van der Waals surface area contributed by atoms with E-state index in [1.807, 2.05) is 0 Å². The molecule has 0 N–H and O–H groups in total. The highest BCUT2D eigenvalue weighted by molar-refractivity contribution is 7.86. The maximum Gasteiger partial charge on any atom is 0.331 e. The van der Waals surface area contributed by atoms with Gasteiger partial charge in [-0.2, -0.15) is 21.8 Å². The molecule has 0 aliphatic rings. The van der Waals surface area contributed by atoms with E-state index in [1.54, 1.807) is 0 Å². The summed E-state index contributed by atoms with van der Waals surface area (Å²) in [7, 11) is -9.38. The minimum absolute atomic E-state index is 0.774. The lowest BCUT2D eigenvalue weighted by molar-refractivity contribution is -0.167. The maximum absolute atomic E-state index is 11.1. The molecule has 0 atom stereocenters. The number of alkyl halides is 4. The first kappa shape index (κ1) is 29.0. The molecule has 0 amide bonds. The summed E-state index contributed by atoms with van der Waals surface area (Å²) >= 11 is 0. The molecule has 0 saturated heterocycles. The van der Waals surface area contributed by atoms with Gasteiger partial charge in [0.1, 0.15) is 12.4 Å². The number of hydrogen-bond acceptors (Lipinski definition) is 6. The van der Waals surface area contributed by atoms with E-state index in [4.69, 9.17) is 8.42 Å². The quantitative estimate of drug-likeness (QED) is 0.393. The van der Waals surface area contributed by atoms with E-state index in [-0.39, 0.29) is 0 Å². The Hall–Kier alpha value is -1.09. The molecule has 6 nitrogen and oxygen atoms in total. The summed E-state index contributed by atoms with van der Waals surface area (Å²) < 4.78 is 114. The molecular formula is C7H13F7O6S2. The topological polar surface area (TPSA) is 86.7 Å². The first-order chi connectivity index (χ1) is 9.95. The highest BCUT2D eigenvalue weighted by atomic mass is 32.3. The summed E-state index contributed by atoms with van der Waals surface area (Å²) in [6.07, 6.45) is 1.06. The monoisotopic (exact) mass is 390 g/mol. The molecule has 0 fully saturated rings. The Kier molecular flexibility index (Phi) is 26.2. The van der Waals surface area contributed by atoms with Crippen molar-refractivity contribution in [3.63, 3.8) is 0 Å². The molecule has 0 aliphatic heterocycles. The third-order valence-corrected chi connectivity index (χ3v) is 1.58. The third kappa shape index (κ3) is 76.4. The van der Waals surface area contributed by atoms with Crippen molar-refractivity contribution in [2.24, 2.45) is 0 Å². The van der Waals surface area contributed by atoms with Gasteiger partial charge in [-0.1, -0.05) is 6.58 Å². The van der Waals surface area contributed by atoms with Crippen LogP contribution in [0.15, 0.2) is 12.8 Å². The Labute approximate surface area is 122 Å². The van der Waals surface area contributed by atoms with Gasteiger partial charge in [-0.3, -0.25) is 0 Å². The van der Waals surface area contributed by atoms with Crippen LogP contribution in [0.25, 0.3) is 0 Å². The Morgan fingerprint density at radius 1 is 0.909 bits per heavy atom. The minimum atomic E-state index is -4.83. The normalized spacial score (nSPS) is 9.77. The van der Waals surface area contributed by atoms with Crippen molar-refractivity contribution in [3.8, 4) is 0 Å². The van der Waals surface area contributed by atoms with Crippen molar-refractivity contribution in [2.45, 2.75) is 0 Å². The van der Waals surface area contributed by atoms with Crippen LogP contribution in [-0.2, 0) is 30.1 Å². The molecule has 0 aliphatic carbocycles. The molecule has 0 aromatic carbocycles. The number of ether oxygens (including phenoxy) is 1. The molecule has 0 spiro atoms. The van der Waals surface area contributed by atoms with Gasteiger partial charge in [0.25, 0.3) is 0 Å². The van der Waals surface area contributed by atoms with Gasteiger partial charge in [-0.05, 0) is 4.53 Å². The molecular weight excluding hydrogens is 377 g/mol. The zero-order chi connectivity index (χ0) is 18.7. The smallest absolute Gasteiger partial charge is 0.331 e. The van der Waals surface area contributed by atoms with Crippen molar-refractivity contribution in [1.82, 2.24) is 0 Å². The fourth-order valence-corrected chi connectivity index (χ4v) is 0.321. The highest BCUT2D eigenvalue weighted by Crippen LogP contribution is 1.88. The summed E-state index contributed by atoms with van der Waals surface area (Å²) in [4.78, 5) is 2.38. The fourth-order valence-electron chi connectivity index (χ4n) is 0.137. The third-order valence-electron chi connectivity index (χ3n) is 0.673. The molecule has 0 rings (SSSR count).